The topological polar surface area (TPSA) is 94.7 Å². The van der Waals surface area contributed by atoms with Gasteiger partial charge >= 0.3 is 0 Å². The largest absolute Gasteiger partial charge is 0.373 e. The molecule has 3 heterocycles. The van der Waals surface area contributed by atoms with E-state index in [0.29, 0.717) is 11.6 Å². The predicted molar refractivity (Wildman–Crippen MR) is 101 cm³/mol. The number of nitrogens with one attached hydrogen (secondary N) is 3. The molecule has 3 N–H and O–H groups in total. The van der Waals surface area contributed by atoms with Crippen molar-refractivity contribution in [3.63, 3.8) is 0 Å². The minimum atomic E-state index is 0.123. The second kappa shape index (κ2) is 6.16. The molecule has 0 amide bonds. The molecule has 1 saturated carbocycles. The molecular formula is C18H21N7. The molecule has 0 saturated heterocycles. The number of hydrogen-bond donors (Lipinski definition) is 3. The molecule has 0 radical (unpaired) electrons. The van der Waals surface area contributed by atoms with Crippen LogP contribution in [0.2, 0.25) is 0 Å². The molecule has 1 fully saturated rings. The summed E-state index contributed by atoms with van der Waals surface area (Å²) < 4.78 is 2.03. The molecule has 7 heteroatoms. The molecule has 0 bridgehead atoms. The number of pyridine rings is 1. The number of nitrogens with zero attached hydrogens (tertiary/aromatic N) is 4. The van der Waals surface area contributed by atoms with E-state index in [1.54, 1.807) is 6.20 Å². The Morgan fingerprint density at radius 1 is 1.44 bits per heavy atom. The van der Waals surface area contributed by atoms with E-state index in [4.69, 9.17) is 10.5 Å². The zero-order chi connectivity index (χ0) is 17.4. The van der Waals surface area contributed by atoms with E-state index in [2.05, 4.69) is 27.0 Å². The zero-order valence-electron chi connectivity index (χ0n) is 14.2. The van der Waals surface area contributed by atoms with Gasteiger partial charge < -0.3 is 10.3 Å². The summed E-state index contributed by atoms with van der Waals surface area (Å²) in [6.45, 7) is 3.54. The first-order valence-corrected chi connectivity index (χ1v) is 8.52. The molecule has 1 aliphatic carbocycles. The summed E-state index contributed by atoms with van der Waals surface area (Å²) in [5.41, 5.74) is 3.13. The molecule has 7 nitrogen and oxygen atoms in total. The predicted octanol–water partition coefficient (Wildman–Crippen LogP) is 3.61. The Morgan fingerprint density at radius 3 is 2.96 bits per heavy atom. The molecule has 3 aromatic rings. The second-order valence-corrected chi connectivity index (χ2v) is 6.35. The highest BCUT2D eigenvalue weighted by Gasteiger charge is 2.27. The van der Waals surface area contributed by atoms with Gasteiger partial charge in [-0.1, -0.05) is 12.8 Å². The number of aromatic amines is 1. The lowest BCUT2D eigenvalue weighted by Gasteiger charge is -2.14. The Balaban J connectivity index is 1.92. The van der Waals surface area contributed by atoms with Crippen LogP contribution in [-0.2, 0) is 0 Å². The maximum absolute atomic E-state index is 8.28. The summed E-state index contributed by atoms with van der Waals surface area (Å²) in [5.74, 6) is 0.950. The van der Waals surface area contributed by atoms with Crippen LogP contribution < -0.4 is 5.32 Å². The molecule has 25 heavy (non-hydrogen) atoms. The van der Waals surface area contributed by atoms with Gasteiger partial charge in [0.05, 0.1) is 11.6 Å². The molecule has 4 rings (SSSR count). The molecule has 0 unspecified atom stereocenters. The van der Waals surface area contributed by atoms with E-state index in [-0.39, 0.29) is 5.84 Å². The molecule has 3 aromatic heterocycles. The summed E-state index contributed by atoms with van der Waals surface area (Å²) in [4.78, 5) is 11.4. The average molecular weight is 335 g/mol. The summed E-state index contributed by atoms with van der Waals surface area (Å²) in [7, 11) is 1.86. The fourth-order valence-corrected chi connectivity index (χ4v) is 3.66. The van der Waals surface area contributed by atoms with Gasteiger partial charge in [0.15, 0.2) is 5.84 Å². The number of hydrogen-bond acceptors (Lipinski definition) is 4. The summed E-state index contributed by atoms with van der Waals surface area (Å²) >= 11 is 0. The number of H-pyrrole nitrogens is 1. The van der Waals surface area contributed by atoms with Gasteiger partial charge in [-0.15, -0.1) is 0 Å². The van der Waals surface area contributed by atoms with Crippen molar-refractivity contribution in [2.24, 2.45) is 4.99 Å². The van der Waals surface area contributed by atoms with Gasteiger partial charge in [0, 0.05) is 30.4 Å². The van der Waals surface area contributed by atoms with Crippen LogP contribution >= 0.6 is 0 Å². The third-order valence-corrected chi connectivity index (χ3v) is 4.89. The quantitative estimate of drug-likeness (QED) is 0.502. The maximum atomic E-state index is 8.28. The van der Waals surface area contributed by atoms with Gasteiger partial charge in [-0.25, -0.2) is 14.7 Å². The number of fused-ring (bicyclic) bond motifs is 1. The van der Waals surface area contributed by atoms with Crippen molar-refractivity contribution >= 4 is 29.4 Å². The van der Waals surface area contributed by atoms with Crippen LogP contribution in [0.15, 0.2) is 29.5 Å². The molecule has 0 aliphatic heterocycles. The Kier molecular flexibility index (Phi) is 3.83. The standard InChI is InChI=1S/C18H21N7/c1-20-16(19)14-15(12-9-11-7-8-22-17(11)23-10-12)24-25(18(14)21-2)13-5-3-4-6-13/h7-10,13,19,21H,1,3-6H2,2H3,(H,22,23). The average Bonchev–Trinajstić information content (AvgIpc) is 3.38. The fraction of sp³-hybridized carbons (Fsp3) is 0.333. The molecule has 1 aliphatic rings. The van der Waals surface area contributed by atoms with Crippen LogP contribution in [0.4, 0.5) is 5.82 Å². The van der Waals surface area contributed by atoms with Crippen LogP contribution in [0.3, 0.4) is 0 Å². The van der Waals surface area contributed by atoms with E-state index >= 15 is 0 Å². The van der Waals surface area contributed by atoms with Gasteiger partial charge in [-0.2, -0.15) is 5.10 Å². The Bertz CT molecular complexity index is 944. The van der Waals surface area contributed by atoms with Crippen molar-refractivity contribution in [1.29, 1.82) is 5.41 Å². The zero-order valence-corrected chi connectivity index (χ0v) is 14.2. The minimum absolute atomic E-state index is 0.123. The van der Waals surface area contributed by atoms with Gasteiger partial charge in [-0.3, -0.25) is 5.41 Å². The van der Waals surface area contributed by atoms with Crippen molar-refractivity contribution in [1.82, 2.24) is 19.7 Å². The van der Waals surface area contributed by atoms with Gasteiger partial charge in [0.25, 0.3) is 0 Å². The third kappa shape index (κ3) is 2.52. The van der Waals surface area contributed by atoms with Crippen molar-refractivity contribution in [2.75, 3.05) is 12.4 Å². The monoisotopic (exact) mass is 335 g/mol. The van der Waals surface area contributed by atoms with Crippen molar-refractivity contribution in [3.8, 4) is 11.3 Å². The van der Waals surface area contributed by atoms with Crippen LogP contribution in [0, 0.1) is 5.41 Å². The van der Waals surface area contributed by atoms with E-state index in [1.165, 1.54) is 12.8 Å². The SMILES string of the molecule is C=NC(=N)c1c(-c2cnc3[nH]ccc3c2)nn(C2CCCC2)c1NC. The van der Waals surface area contributed by atoms with Crippen LogP contribution in [0.5, 0.6) is 0 Å². The first kappa shape index (κ1) is 15.6. The Morgan fingerprint density at radius 2 is 2.24 bits per heavy atom. The highest BCUT2D eigenvalue weighted by molar-refractivity contribution is 6.08. The van der Waals surface area contributed by atoms with Crippen molar-refractivity contribution in [2.45, 2.75) is 31.7 Å². The number of rotatable bonds is 4. The molecular weight excluding hydrogens is 314 g/mol. The van der Waals surface area contributed by atoms with E-state index in [1.807, 2.05) is 30.1 Å². The fourth-order valence-electron chi connectivity index (χ4n) is 3.66. The summed E-state index contributed by atoms with van der Waals surface area (Å²) in [5, 5.41) is 17.4. The van der Waals surface area contributed by atoms with E-state index in [9.17, 15) is 0 Å². The lowest BCUT2D eigenvalue weighted by atomic mass is 10.1. The number of aromatic nitrogens is 4. The lowest BCUT2D eigenvalue weighted by Crippen LogP contribution is -2.11. The second-order valence-electron chi connectivity index (χ2n) is 6.35. The minimum Gasteiger partial charge on any atom is -0.373 e. The third-order valence-electron chi connectivity index (χ3n) is 4.89. The molecule has 128 valence electrons. The van der Waals surface area contributed by atoms with Gasteiger partial charge in [0.2, 0.25) is 0 Å². The Labute approximate surface area is 145 Å². The lowest BCUT2D eigenvalue weighted by molar-refractivity contribution is 0.473. The molecule has 0 aromatic carbocycles. The van der Waals surface area contributed by atoms with Gasteiger partial charge in [0.1, 0.15) is 17.2 Å². The number of aliphatic imine (C=N–C) groups is 1. The van der Waals surface area contributed by atoms with Crippen molar-refractivity contribution < 1.29 is 0 Å². The molecule has 0 spiro atoms. The highest BCUT2D eigenvalue weighted by Crippen LogP contribution is 2.37. The maximum Gasteiger partial charge on any atom is 0.157 e. The first-order chi connectivity index (χ1) is 12.2. The smallest absolute Gasteiger partial charge is 0.157 e. The number of amidine groups is 1. The van der Waals surface area contributed by atoms with Gasteiger partial charge in [-0.05, 0) is 31.7 Å². The van der Waals surface area contributed by atoms with E-state index in [0.717, 1.165) is 41.0 Å². The molecule has 0 atom stereocenters. The number of anilines is 1. The van der Waals surface area contributed by atoms with E-state index < -0.39 is 0 Å². The highest BCUT2D eigenvalue weighted by atomic mass is 15.4. The Hall–Kier alpha value is -2.96. The van der Waals surface area contributed by atoms with Crippen LogP contribution in [0.1, 0.15) is 37.3 Å². The normalized spacial score (nSPS) is 14.9. The van der Waals surface area contributed by atoms with Crippen LogP contribution in [-0.4, -0.2) is 39.3 Å². The van der Waals surface area contributed by atoms with Crippen LogP contribution in [0.25, 0.3) is 22.3 Å². The first-order valence-electron chi connectivity index (χ1n) is 8.52. The summed E-state index contributed by atoms with van der Waals surface area (Å²) in [6.07, 6.45) is 8.31. The summed E-state index contributed by atoms with van der Waals surface area (Å²) in [6, 6.07) is 4.38. The van der Waals surface area contributed by atoms with Crippen molar-refractivity contribution in [3.05, 3.63) is 30.1 Å².